The van der Waals surface area contributed by atoms with Crippen LogP contribution in [0.15, 0.2) is 60.2 Å². The van der Waals surface area contributed by atoms with Crippen molar-refractivity contribution in [3.63, 3.8) is 0 Å². The summed E-state index contributed by atoms with van der Waals surface area (Å²) in [6.45, 7) is 0. The van der Waals surface area contributed by atoms with Crippen molar-refractivity contribution in [2.75, 3.05) is 5.32 Å². The minimum atomic E-state index is 0.544. The number of nitrogens with one attached hydrogen (secondary N) is 1. The Kier molecular flexibility index (Phi) is 3.27. The number of para-hydroxylation sites is 1. The van der Waals surface area contributed by atoms with Gasteiger partial charge in [0.1, 0.15) is 0 Å². The second-order valence-electron chi connectivity index (χ2n) is 6.25. The Morgan fingerprint density at radius 3 is 2.62 bits per heavy atom. The minimum Gasteiger partial charge on any atom is -0.378 e. The van der Waals surface area contributed by atoms with Crippen molar-refractivity contribution >= 4 is 11.8 Å². The average molecular weight is 275 g/mol. The molecule has 0 saturated heterocycles. The maximum atomic E-state index is 3.75. The summed E-state index contributed by atoms with van der Waals surface area (Å²) < 4.78 is 0. The molecule has 2 aromatic rings. The molecule has 1 aliphatic carbocycles. The van der Waals surface area contributed by atoms with E-state index in [1.165, 1.54) is 42.5 Å². The fourth-order valence-corrected chi connectivity index (χ4v) is 3.80. The third-order valence-corrected chi connectivity index (χ3v) is 4.86. The second-order valence-corrected chi connectivity index (χ2v) is 6.25. The molecule has 2 atom stereocenters. The number of fused-ring (bicyclic) bond motifs is 2. The molecule has 1 saturated carbocycles. The molecule has 1 fully saturated rings. The maximum Gasteiger partial charge on any atom is 0.0480 e. The van der Waals surface area contributed by atoms with Gasteiger partial charge in [0.05, 0.1) is 0 Å². The molecule has 0 spiro atoms. The number of benzene rings is 2. The maximum absolute atomic E-state index is 3.75. The lowest BCUT2D eigenvalue weighted by molar-refractivity contribution is 0.431. The topological polar surface area (TPSA) is 12.0 Å². The van der Waals surface area contributed by atoms with Crippen molar-refractivity contribution in [3.05, 3.63) is 71.3 Å². The summed E-state index contributed by atoms with van der Waals surface area (Å²) in [5.41, 5.74) is 5.72. The molecule has 1 nitrogen and oxygen atoms in total. The van der Waals surface area contributed by atoms with Crippen molar-refractivity contribution in [2.24, 2.45) is 5.92 Å². The monoisotopic (exact) mass is 275 g/mol. The van der Waals surface area contributed by atoms with E-state index in [1.807, 2.05) is 0 Å². The molecular formula is C20H21N. The van der Waals surface area contributed by atoms with E-state index in [4.69, 9.17) is 0 Å². The van der Waals surface area contributed by atoms with Crippen LogP contribution in [0.2, 0.25) is 0 Å². The van der Waals surface area contributed by atoms with Crippen LogP contribution in [0.25, 0.3) is 6.08 Å². The summed E-state index contributed by atoms with van der Waals surface area (Å²) >= 11 is 0. The molecule has 1 N–H and O–H groups in total. The van der Waals surface area contributed by atoms with E-state index in [0.717, 1.165) is 0 Å². The normalized spacial score (nSPS) is 23.5. The van der Waals surface area contributed by atoms with Gasteiger partial charge in [0.15, 0.2) is 0 Å². The van der Waals surface area contributed by atoms with Crippen molar-refractivity contribution in [1.82, 2.24) is 0 Å². The van der Waals surface area contributed by atoms with Crippen LogP contribution in [0.5, 0.6) is 0 Å². The fraction of sp³-hybridized carbons (Fsp3) is 0.300. The highest BCUT2D eigenvalue weighted by atomic mass is 14.9. The molecule has 21 heavy (non-hydrogen) atoms. The zero-order valence-corrected chi connectivity index (χ0v) is 12.3. The standard InChI is InChI=1S/C20H21N/c1-2-7-15(8-3-1)13-16-10-6-12-20-18(16)14-17-9-4-5-11-19(17)21-20/h1-5,7-9,11,14,16,20-21H,6,10,12-13H2. The van der Waals surface area contributed by atoms with E-state index in [1.54, 1.807) is 5.57 Å². The molecule has 1 heteroatoms. The van der Waals surface area contributed by atoms with E-state index < -0.39 is 0 Å². The van der Waals surface area contributed by atoms with Gasteiger partial charge < -0.3 is 5.32 Å². The highest BCUT2D eigenvalue weighted by Gasteiger charge is 2.30. The predicted molar refractivity (Wildman–Crippen MR) is 89.3 cm³/mol. The molecule has 2 unspecified atom stereocenters. The van der Waals surface area contributed by atoms with Crippen LogP contribution in [-0.2, 0) is 6.42 Å². The van der Waals surface area contributed by atoms with Crippen LogP contribution in [0.3, 0.4) is 0 Å². The molecule has 106 valence electrons. The lowest BCUT2D eigenvalue weighted by atomic mass is 9.75. The van der Waals surface area contributed by atoms with Gasteiger partial charge in [0.2, 0.25) is 0 Å². The van der Waals surface area contributed by atoms with E-state index >= 15 is 0 Å². The van der Waals surface area contributed by atoms with Gasteiger partial charge in [-0.15, -0.1) is 0 Å². The van der Waals surface area contributed by atoms with Gasteiger partial charge in [0, 0.05) is 11.7 Å². The highest BCUT2D eigenvalue weighted by molar-refractivity contribution is 5.73. The number of hydrogen-bond acceptors (Lipinski definition) is 1. The average Bonchev–Trinajstić information content (AvgIpc) is 2.54. The smallest absolute Gasteiger partial charge is 0.0480 e. The fourth-order valence-electron chi connectivity index (χ4n) is 3.80. The molecule has 1 aliphatic heterocycles. The van der Waals surface area contributed by atoms with E-state index in [2.05, 4.69) is 66.0 Å². The lowest BCUT2D eigenvalue weighted by Crippen LogP contribution is -2.33. The lowest BCUT2D eigenvalue weighted by Gasteiger charge is -2.37. The molecule has 0 bridgehead atoms. The Morgan fingerprint density at radius 1 is 0.905 bits per heavy atom. The third-order valence-electron chi connectivity index (χ3n) is 4.86. The molecule has 4 rings (SSSR count). The van der Waals surface area contributed by atoms with Crippen LogP contribution >= 0.6 is 0 Å². The molecule has 2 aliphatic rings. The van der Waals surface area contributed by atoms with Gasteiger partial charge in [-0.1, -0.05) is 61.0 Å². The second kappa shape index (κ2) is 5.40. The Hall–Kier alpha value is -2.02. The van der Waals surface area contributed by atoms with Crippen LogP contribution in [0.4, 0.5) is 5.69 Å². The Labute approximate surface area is 126 Å². The molecule has 0 radical (unpaired) electrons. The van der Waals surface area contributed by atoms with E-state index in [-0.39, 0.29) is 0 Å². The van der Waals surface area contributed by atoms with E-state index in [9.17, 15) is 0 Å². The molecule has 0 amide bonds. The molecular weight excluding hydrogens is 254 g/mol. The first-order valence-corrected chi connectivity index (χ1v) is 8.01. The molecule has 1 heterocycles. The summed E-state index contributed by atoms with van der Waals surface area (Å²) in [7, 11) is 0. The zero-order valence-electron chi connectivity index (χ0n) is 12.3. The molecule has 2 aromatic carbocycles. The van der Waals surface area contributed by atoms with Crippen LogP contribution < -0.4 is 5.32 Å². The van der Waals surface area contributed by atoms with Crippen LogP contribution in [0, 0.1) is 5.92 Å². The molecule has 0 aromatic heterocycles. The van der Waals surface area contributed by atoms with Crippen molar-refractivity contribution in [2.45, 2.75) is 31.7 Å². The summed E-state index contributed by atoms with van der Waals surface area (Å²) in [6, 6.07) is 20.1. The zero-order chi connectivity index (χ0) is 14.1. The summed E-state index contributed by atoms with van der Waals surface area (Å²) in [5, 5.41) is 3.75. The quantitative estimate of drug-likeness (QED) is 0.821. The summed E-state index contributed by atoms with van der Waals surface area (Å²) in [6.07, 6.45) is 7.54. The summed E-state index contributed by atoms with van der Waals surface area (Å²) in [5.74, 6) is 0.687. The Morgan fingerprint density at radius 2 is 1.71 bits per heavy atom. The predicted octanol–water partition coefficient (Wildman–Crippen LogP) is 4.91. The largest absolute Gasteiger partial charge is 0.378 e. The number of hydrogen-bond donors (Lipinski definition) is 1. The van der Waals surface area contributed by atoms with Gasteiger partial charge in [-0.05, 0) is 47.9 Å². The first kappa shape index (κ1) is 12.7. The van der Waals surface area contributed by atoms with Crippen LogP contribution in [-0.4, -0.2) is 6.04 Å². The Bertz CT molecular complexity index is 657. The first-order valence-electron chi connectivity index (χ1n) is 8.01. The number of anilines is 1. The third kappa shape index (κ3) is 2.49. The van der Waals surface area contributed by atoms with Crippen molar-refractivity contribution in [1.29, 1.82) is 0 Å². The highest BCUT2D eigenvalue weighted by Crippen LogP contribution is 2.39. The van der Waals surface area contributed by atoms with Crippen LogP contribution in [0.1, 0.15) is 30.4 Å². The minimum absolute atomic E-state index is 0.544. The van der Waals surface area contributed by atoms with Crippen molar-refractivity contribution < 1.29 is 0 Å². The van der Waals surface area contributed by atoms with Gasteiger partial charge in [-0.3, -0.25) is 0 Å². The SMILES string of the molecule is C1=C2C(Cc3ccccc3)CCCC2Nc2ccccc21. The van der Waals surface area contributed by atoms with Gasteiger partial charge in [-0.2, -0.15) is 0 Å². The van der Waals surface area contributed by atoms with Gasteiger partial charge in [-0.25, -0.2) is 0 Å². The summed E-state index contributed by atoms with van der Waals surface area (Å²) in [4.78, 5) is 0. The first-order chi connectivity index (χ1) is 10.4. The number of rotatable bonds is 2. The van der Waals surface area contributed by atoms with Gasteiger partial charge in [0.25, 0.3) is 0 Å². The Balaban J connectivity index is 1.65. The van der Waals surface area contributed by atoms with Crippen molar-refractivity contribution in [3.8, 4) is 0 Å². The van der Waals surface area contributed by atoms with E-state index in [0.29, 0.717) is 12.0 Å². The van der Waals surface area contributed by atoms with Gasteiger partial charge >= 0.3 is 0 Å².